The number of carbonyl (C=O) groups excluding carboxylic acids is 2. The zero-order chi connectivity index (χ0) is 45.5. The Bertz CT molecular complexity index is 2630. The molecule has 1 N–H and O–H groups in total. The summed E-state index contributed by atoms with van der Waals surface area (Å²) in [4.78, 5) is 28.3. The zero-order valence-corrected chi connectivity index (χ0v) is 37.1. The molecule has 3 atom stereocenters. The first-order valence-corrected chi connectivity index (χ1v) is 23.2. The topological polar surface area (TPSA) is 129 Å². The van der Waals surface area contributed by atoms with Gasteiger partial charge in [0.15, 0.2) is 5.79 Å². The molecule has 0 bridgehead atoms. The Hall–Kier alpha value is -6.10. The van der Waals surface area contributed by atoms with Gasteiger partial charge >= 0.3 is 5.97 Å². The SMILES string of the molecule is CC(=O)O[C@@H](CC[C@H]1C(=O)N(c2ccc(C#CCCS(C)(=O)=O)cc2)[C@@H]1c1ccc(/C=C/c2ccc(C3(O)COC(C)(C)OC3)cc2)cc1OCc1ccccc1)c1ccc(F)cc1. The van der Waals surface area contributed by atoms with Crippen LogP contribution in [0.4, 0.5) is 10.1 Å². The summed E-state index contributed by atoms with van der Waals surface area (Å²) in [5.74, 6) is 4.16. The van der Waals surface area contributed by atoms with Crippen molar-refractivity contribution in [1.29, 1.82) is 0 Å². The van der Waals surface area contributed by atoms with Crippen LogP contribution in [-0.4, -0.2) is 56.4 Å². The van der Waals surface area contributed by atoms with Gasteiger partial charge in [0.1, 0.15) is 39.7 Å². The van der Waals surface area contributed by atoms with E-state index in [0.29, 0.717) is 41.0 Å². The maximum absolute atomic E-state index is 14.3. The summed E-state index contributed by atoms with van der Waals surface area (Å²) < 4.78 is 60.8. The number of hydrogen-bond donors (Lipinski definition) is 1. The first-order valence-electron chi connectivity index (χ1n) is 21.2. The Morgan fingerprint density at radius 3 is 2.23 bits per heavy atom. The summed E-state index contributed by atoms with van der Waals surface area (Å²) in [6.45, 7) is 5.47. The molecule has 10 nitrogen and oxygen atoms in total. The van der Waals surface area contributed by atoms with Crippen molar-refractivity contribution in [2.45, 2.75) is 70.2 Å². The minimum Gasteiger partial charge on any atom is -0.489 e. The van der Waals surface area contributed by atoms with E-state index in [4.69, 9.17) is 18.9 Å². The average Bonchev–Trinajstić information content (AvgIpc) is 3.27. The maximum atomic E-state index is 14.3. The fourth-order valence-electron chi connectivity index (χ4n) is 7.77. The Labute approximate surface area is 374 Å². The molecule has 0 aliphatic carbocycles. The first-order chi connectivity index (χ1) is 30.6. The molecule has 7 rings (SSSR count). The van der Waals surface area contributed by atoms with Crippen molar-refractivity contribution in [3.8, 4) is 17.6 Å². The number of nitrogens with zero attached hydrogens (tertiary/aromatic N) is 1. The van der Waals surface area contributed by atoms with Crippen molar-refractivity contribution < 1.29 is 46.5 Å². The number of halogens is 1. The molecule has 2 heterocycles. The Morgan fingerprint density at radius 1 is 0.922 bits per heavy atom. The number of rotatable bonds is 15. The second kappa shape index (κ2) is 19.7. The van der Waals surface area contributed by atoms with E-state index in [1.54, 1.807) is 29.2 Å². The molecule has 64 heavy (non-hydrogen) atoms. The van der Waals surface area contributed by atoms with Crippen molar-refractivity contribution in [2.24, 2.45) is 5.92 Å². The van der Waals surface area contributed by atoms with E-state index in [1.807, 2.05) is 111 Å². The van der Waals surface area contributed by atoms with E-state index in [2.05, 4.69) is 11.8 Å². The molecule has 0 unspecified atom stereocenters. The monoisotopic (exact) mass is 885 g/mol. The van der Waals surface area contributed by atoms with Crippen LogP contribution in [0, 0.1) is 23.6 Å². The third kappa shape index (κ3) is 11.7. The van der Waals surface area contributed by atoms with Crippen LogP contribution in [0.3, 0.4) is 0 Å². The highest BCUT2D eigenvalue weighted by Crippen LogP contribution is 2.49. The minimum absolute atomic E-state index is 0.0321. The summed E-state index contributed by atoms with van der Waals surface area (Å²) in [7, 11) is -3.14. The first kappa shape index (κ1) is 45.9. The number of benzene rings is 5. The lowest BCUT2D eigenvalue weighted by Gasteiger charge is -2.48. The lowest BCUT2D eigenvalue weighted by molar-refractivity contribution is -0.305. The molecule has 2 saturated heterocycles. The molecule has 0 spiro atoms. The van der Waals surface area contributed by atoms with Gasteiger partial charge in [0.05, 0.1) is 30.9 Å². The highest BCUT2D eigenvalue weighted by Gasteiger charge is 2.50. The smallest absolute Gasteiger partial charge is 0.303 e. The van der Waals surface area contributed by atoms with Crippen LogP contribution < -0.4 is 9.64 Å². The molecule has 1 amide bonds. The van der Waals surface area contributed by atoms with Crippen molar-refractivity contribution in [1.82, 2.24) is 0 Å². The summed E-state index contributed by atoms with van der Waals surface area (Å²) in [6, 6.07) is 35.9. The molecular weight excluding hydrogens is 834 g/mol. The predicted molar refractivity (Wildman–Crippen MR) is 244 cm³/mol. The summed E-state index contributed by atoms with van der Waals surface area (Å²) in [5.41, 5.74) is 4.88. The molecule has 0 saturated carbocycles. The molecule has 332 valence electrons. The lowest BCUT2D eigenvalue weighted by atomic mass is 9.77. The highest BCUT2D eigenvalue weighted by atomic mass is 32.2. The van der Waals surface area contributed by atoms with Gasteiger partial charge in [-0.2, -0.15) is 0 Å². The van der Waals surface area contributed by atoms with Gasteiger partial charge in [0.25, 0.3) is 0 Å². The van der Waals surface area contributed by atoms with Gasteiger partial charge < -0.3 is 29.0 Å². The van der Waals surface area contributed by atoms with E-state index in [0.717, 1.165) is 22.3 Å². The Morgan fingerprint density at radius 2 is 1.58 bits per heavy atom. The number of ether oxygens (including phenoxy) is 4. The lowest BCUT2D eigenvalue weighted by Crippen LogP contribution is -2.55. The molecule has 0 radical (unpaired) electrons. The van der Waals surface area contributed by atoms with Crippen LogP contribution >= 0.6 is 0 Å². The molecule has 12 heteroatoms. The number of carbonyl (C=O) groups is 2. The molecule has 2 aliphatic heterocycles. The quantitative estimate of drug-likeness (QED) is 0.0474. The van der Waals surface area contributed by atoms with E-state index >= 15 is 0 Å². The number of aliphatic hydroxyl groups is 1. The largest absolute Gasteiger partial charge is 0.489 e. The van der Waals surface area contributed by atoms with E-state index in [1.165, 1.54) is 25.3 Å². The number of amides is 1. The normalized spacial score (nSPS) is 18.4. The molecule has 2 fully saturated rings. The molecular formula is C52H52FNO9S. The highest BCUT2D eigenvalue weighted by molar-refractivity contribution is 7.90. The Balaban J connectivity index is 1.20. The van der Waals surface area contributed by atoms with Crippen LogP contribution in [0.25, 0.3) is 12.2 Å². The molecule has 0 aromatic heterocycles. The van der Waals surface area contributed by atoms with Gasteiger partial charge in [-0.05, 0) is 97.0 Å². The van der Waals surface area contributed by atoms with Crippen molar-refractivity contribution in [2.75, 3.05) is 30.1 Å². The summed E-state index contributed by atoms with van der Waals surface area (Å²) >= 11 is 0. The van der Waals surface area contributed by atoms with Crippen LogP contribution in [0.15, 0.2) is 121 Å². The number of hydrogen-bond acceptors (Lipinski definition) is 9. The fraction of sp³-hybridized carbons (Fsp3) is 0.308. The minimum atomic E-state index is -3.14. The van der Waals surface area contributed by atoms with Crippen molar-refractivity contribution in [3.05, 3.63) is 166 Å². The second-order valence-electron chi connectivity index (χ2n) is 16.8. The number of sulfone groups is 1. The molecule has 5 aromatic rings. The standard InChI is InChI=1S/C52H52FNO9S/c1-36(55)63-47(41-20-24-43(53)25-21-41)30-29-46-49(54(50(46)56)44-26-17-37(18-27-44)10-8-9-31-64(4,58)59)45-28-19-39(32-48(45)60-33-40-11-6-5-7-12-40)14-13-38-15-22-42(23-16-38)52(57)34-61-51(2,3)62-35-52/h5-7,11-28,32,46-47,49,57H,9,29-31,33-35H2,1-4H3/b14-13+/t46-,47+,49-/m1/s1. The van der Waals surface area contributed by atoms with Crippen LogP contribution in [0.1, 0.15) is 91.1 Å². The maximum Gasteiger partial charge on any atom is 0.303 e. The van der Waals surface area contributed by atoms with Gasteiger partial charge in [0.2, 0.25) is 5.91 Å². The fourth-order valence-corrected chi connectivity index (χ4v) is 8.25. The third-order valence-corrected chi connectivity index (χ3v) is 12.3. The van der Waals surface area contributed by atoms with E-state index < -0.39 is 51.1 Å². The zero-order valence-electron chi connectivity index (χ0n) is 36.3. The number of esters is 1. The van der Waals surface area contributed by atoms with Gasteiger partial charge in [-0.15, -0.1) is 0 Å². The average molecular weight is 886 g/mol. The second-order valence-corrected chi connectivity index (χ2v) is 19.0. The van der Waals surface area contributed by atoms with Crippen molar-refractivity contribution >= 4 is 39.6 Å². The third-order valence-electron chi connectivity index (χ3n) is 11.3. The van der Waals surface area contributed by atoms with Crippen LogP contribution in [0.2, 0.25) is 0 Å². The number of anilines is 1. The summed E-state index contributed by atoms with van der Waals surface area (Å²) in [6.07, 6.45) is 5.29. The Kier molecular flexibility index (Phi) is 14.2. The van der Waals surface area contributed by atoms with Gasteiger partial charge in [-0.25, -0.2) is 12.8 Å². The van der Waals surface area contributed by atoms with Gasteiger partial charge in [-0.3, -0.25) is 9.59 Å². The molecule has 5 aromatic carbocycles. The van der Waals surface area contributed by atoms with Gasteiger partial charge in [-0.1, -0.05) is 103 Å². The van der Waals surface area contributed by atoms with Crippen molar-refractivity contribution in [3.63, 3.8) is 0 Å². The van der Waals surface area contributed by atoms with E-state index in [9.17, 15) is 27.5 Å². The summed E-state index contributed by atoms with van der Waals surface area (Å²) in [5, 5.41) is 11.2. The van der Waals surface area contributed by atoms with Crippen LogP contribution in [0.5, 0.6) is 5.75 Å². The van der Waals surface area contributed by atoms with Gasteiger partial charge in [0, 0.05) is 36.4 Å². The predicted octanol–water partition coefficient (Wildman–Crippen LogP) is 9.12. The van der Waals surface area contributed by atoms with E-state index in [-0.39, 0.29) is 37.9 Å². The number of β-lactam (4-membered cyclic amide) rings is 1. The molecule has 2 aliphatic rings. The van der Waals surface area contributed by atoms with Crippen LogP contribution in [-0.2, 0) is 45.8 Å².